The Labute approximate surface area is 124 Å². The van der Waals surface area contributed by atoms with E-state index in [1.807, 2.05) is 4.90 Å². The van der Waals surface area contributed by atoms with Crippen molar-refractivity contribution < 1.29 is 13.2 Å². The van der Waals surface area contributed by atoms with Gasteiger partial charge in [-0.2, -0.15) is 0 Å². The van der Waals surface area contributed by atoms with E-state index >= 15 is 0 Å². The van der Waals surface area contributed by atoms with Gasteiger partial charge in [-0.25, -0.2) is 18.2 Å². The average Bonchev–Trinajstić information content (AvgIpc) is 2.71. The largest absolute Gasteiger partial charge is 0.375 e. The lowest BCUT2D eigenvalue weighted by molar-refractivity contribution is 0.319. The summed E-state index contributed by atoms with van der Waals surface area (Å²) in [6.07, 6.45) is 1.66. The Morgan fingerprint density at radius 1 is 1.20 bits per heavy atom. The second-order valence-corrected chi connectivity index (χ2v) is 5.36. The molecule has 1 heterocycles. The maximum Gasteiger partial charge on any atom is 0.194 e. The van der Waals surface area contributed by atoms with E-state index in [4.69, 9.17) is 5.73 Å². The van der Waals surface area contributed by atoms with E-state index in [1.165, 1.54) is 11.3 Å². The van der Waals surface area contributed by atoms with Crippen LogP contribution in [0.1, 0.15) is 10.4 Å². The highest BCUT2D eigenvalue weighted by molar-refractivity contribution is 7.15. The molecule has 0 saturated carbocycles. The lowest BCUT2D eigenvalue weighted by Gasteiger charge is -2.15. The molecule has 0 fully saturated rings. The molecule has 0 aliphatic rings. The Morgan fingerprint density at radius 2 is 1.80 bits per heavy atom. The van der Waals surface area contributed by atoms with E-state index in [0.717, 1.165) is 17.0 Å². The molecule has 1 aromatic carbocycles. The van der Waals surface area contributed by atoms with Gasteiger partial charge < -0.3 is 5.73 Å². The van der Waals surface area contributed by atoms with Crippen molar-refractivity contribution in [2.24, 2.45) is 0 Å². The Balaban J connectivity index is 0.00000200. The van der Waals surface area contributed by atoms with Crippen LogP contribution in [0.2, 0.25) is 0 Å². The van der Waals surface area contributed by atoms with E-state index in [-0.39, 0.29) is 12.4 Å². The fourth-order valence-electron chi connectivity index (χ4n) is 1.73. The number of thiazole rings is 1. The smallest absolute Gasteiger partial charge is 0.194 e. The molecule has 20 heavy (non-hydrogen) atoms. The maximum absolute atomic E-state index is 13.1. The van der Waals surface area contributed by atoms with Crippen LogP contribution in [0.5, 0.6) is 0 Å². The predicted octanol–water partition coefficient (Wildman–Crippen LogP) is 3.20. The van der Waals surface area contributed by atoms with Crippen molar-refractivity contribution in [2.45, 2.75) is 13.1 Å². The average molecular weight is 324 g/mol. The number of benzene rings is 1. The molecule has 2 rings (SSSR count). The summed E-state index contributed by atoms with van der Waals surface area (Å²) in [6.45, 7) is 0.849. The van der Waals surface area contributed by atoms with Crippen LogP contribution >= 0.6 is 23.7 Å². The predicted molar refractivity (Wildman–Crippen MR) is 75.3 cm³/mol. The first-order chi connectivity index (χ1) is 8.95. The molecule has 3 nitrogen and oxygen atoms in total. The number of nitrogens with zero attached hydrogens (tertiary/aromatic N) is 2. The van der Waals surface area contributed by atoms with E-state index in [2.05, 4.69) is 4.98 Å². The monoisotopic (exact) mass is 323 g/mol. The van der Waals surface area contributed by atoms with Gasteiger partial charge in [0, 0.05) is 24.2 Å². The van der Waals surface area contributed by atoms with Gasteiger partial charge in [0.2, 0.25) is 0 Å². The van der Waals surface area contributed by atoms with Crippen molar-refractivity contribution in [1.82, 2.24) is 9.88 Å². The van der Waals surface area contributed by atoms with Gasteiger partial charge in [-0.05, 0) is 24.7 Å². The van der Waals surface area contributed by atoms with E-state index in [0.29, 0.717) is 23.8 Å². The molecule has 2 aromatic rings. The van der Waals surface area contributed by atoms with Crippen molar-refractivity contribution >= 4 is 28.9 Å². The number of anilines is 1. The standard InChI is InChI=1S/C12H12F3N3S.ClH/c1-18(6-8-4-17-12(16)19-8)5-7-2-9(13)11(15)10(14)3-7;/h2-4H,5-6H2,1H3,(H2,16,17);1H. The first-order valence-corrected chi connectivity index (χ1v) is 6.29. The van der Waals surface area contributed by atoms with Gasteiger partial charge in [0.25, 0.3) is 0 Å². The first-order valence-electron chi connectivity index (χ1n) is 5.48. The van der Waals surface area contributed by atoms with Crippen molar-refractivity contribution in [2.75, 3.05) is 12.8 Å². The Hall–Kier alpha value is -1.31. The Morgan fingerprint density at radius 3 is 2.30 bits per heavy atom. The number of nitrogen functional groups attached to an aromatic ring is 1. The summed E-state index contributed by atoms with van der Waals surface area (Å²) in [5, 5.41) is 0.474. The second-order valence-electron chi connectivity index (χ2n) is 4.21. The normalized spacial score (nSPS) is 10.7. The van der Waals surface area contributed by atoms with Crippen molar-refractivity contribution in [3.63, 3.8) is 0 Å². The number of aromatic nitrogens is 1. The molecule has 8 heteroatoms. The van der Waals surface area contributed by atoms with Gasteiger partial charge in [0.1, 0.15) is 0 Å². The highest BCUT2D eigenvalue weighted by atomic mass is 35.5. The van der Waals surface area contributed by atoms with Gasteiger partial charge in [-0.15, -0.1) is 23.7 Å². The summed E-state index contributed by atoms with van der Waals surface area (Å²) < 4.78 is 38.9. The second kappa shape index (κ2) is 6.92. The van der Waals surface area contributed by atoms with Gasteiger partial charge >= 0.3 is 0 Å². The summed E-state index contributed by atoms with van der Waals surface area (Å²) in [5.41, 5.74) is 5.88. The van der Waals surface area contributed by atoms with Gasteiger partial charge in [0.15, 0.2) is 22.6 Å². The summed E-state index contributed by atoms with van der Waals surface area (Å²) >= 11 is 1.35. The molecule has 0 aliphatic heterocycles. The fraction of sp³-hybridized carbons (Fsp3) is 0.250. The third kappa shape index (κ3) is 4.09. The van der Waals surface area contributed by atoms with Gasteiger partial charge in [0.05, 0.1) is 0 Å². The van der Waals surface area contributed by atoms with Crippen LogP contribution in [-0.2, 0) is 13.1 Å². The number of hydrogen-bond donors (Lipinski definition) is 1. The third-order valence-electron chi connectivity index (χ3n) is 2.49. The summed E-state index contributed by atoms with van der Waals surface area (Å²) in [6, 6.07) is 1.99. The third-order valence-corrected chi connectivity index (χ3v) is 3.30. The molecule has 0 unspecified atom stereocenters. The van der Waals surface area contributed by atoms with Crippen LogP contribution in [0, 0.1) is 17.5 Å². The number of hydrogen-bond acceptors (Lipinski definition) is 4. The summed E-state index contributed by atoms with van der Waals surface area (Å²) in [4.78, 5) is 6.70. The summed E-state index contributed by atoms with van der Waals surface area (Å²) in [7, 11) is 1.79. The molecule has 0 bridgehead atoms. The highest BCUT2D eigenvalue weighted by Gasteiger charge is 2.12. The molecule has 2 N–H and O–H groups in total. The van der Waals surface area contributed by atoms with E-state index in [1.54, 1.807) is 13.2 Å². The quantitative estimate of drug-likeness (QED) is 0.879. The van der Waals surface area contributed by atoms with Crippen molar-refractivity contribution in [3.8, 4) is 0 Å². The molecule has 0 amide bonds. The minimum Gasteiger partial charge on any atom is -0.375 e. The number of nitrogens with two attached hydrogens (primary N) is 1. The molecular formula is C12H13ClF3N3S. The molecule has 1 aromatic heterocycles. The van der Waals surface area contributed by atoms with Crippen LogP contribution in [0.4, 0.5) is 18.3 Å². The zero-order chi connectivity index (χ0) is 14.0. The van der Waals surface area contributed by atoms with Crippen molar-refractivity contribution in [1.29, 1.82) is 0 Å². The lowest BCUT2D eigenvalue weighted by Crippen LogP contribution is -2.17. The molecule has 0 radical (unpaired) electrons. The van der Waals surface area contributed by atoms with Crippen LogP contribution in [0.3, 0.4) is 0 Å². The fourth-order valence-corrected chi connectivity index (χ4v) is 2.49. The van der Waals surface area contributed by atoms with Crippen LogP contribution in [0.25, 0.3) is 0 Å². The van der Waals surface area contributed by atoms with E-state index < -0.39 is 17.5 Å². The summed E-state index contributed by atoms with van der Waals surface area (Å²) in [5.74, 6) is -3.79. The molecule has 0 saturated heterocycles. The minimum atomic E-state index is -1.44. The van der Waals surface area contributed by atoms with Crippen LogP contribution in [0.15, 0.2) is 18.3 Å². The molecule has 0 spiro atoms. The maximum atomic E-state index is 13.1. The lowest BCUT2D eigenvalue weighted by atomic mass is 10.2. The minimum absolute atomic E-state index is 0. The first kappa shape index (κ1) is 16.7. The number of halogens is 4. The van der Waals surface area contributed by atoms with Gasteiger partial charge in [-0.1, -0.05) is 0 Å². The topological polar surface area (TPSA) is 42.2 Å². The Bertz CT molecular complexity index is 568. The van der Waals surface area contributed by atoms with Crippen LogP contribution in [-0.4, -0.2) is 16.9 Å². The highest BCUT2D eigenvalue weighted by Crippen LogP contribution is 2.18. The Kier molecular flexibility index (Phi) is 5.79. The van der Waals surface area contributed by atoms with Crippen molar-refractivity contribution in [3.05, 3.63) is 46.2 Å². The van der Waals surface area contributed by atoms with E-state index in [9.17, 15) is 13.2 Å². The zero-order valence-corrected chi connectivity index (χ0v) is 12.2. The molecule has 0 atom stereocenters. The SMILES string of the molecule is CN(Cc1cc(F)c(F)c(F)c1)Cc1cnc(N)s1.Cl. The van der Waals surface area contributed by atoms with Crippen LogP contribution < -0.4 is 5.73 Å². The molecular weight excluding hydrogens is 311 g/mol. The zero-order valence-electron chi connectivity index (χ0n) is 10.6. The number of rotatable bonds is 4. The molecule has 110 valence electrons. The van der Waals surface area contributed by atoms with Gasteiger partial charge in [-0.3, -0.25) is 4.90 Å². The molecule has 0 aliphatic carbocycles.